The van der Waals surface area contributed by atoms with Crippen LogP contribution in [0.15, 0.2) is 77.8 Å². The molecule has 47 heavy (non-hydrogen) atoms. The number of hydrogen-bond acceptors (Lipinski definition) is 9. The van der Waals surface area contributed by atoms with Crippen molar-refractivity contribution < 1.29 is 45.0 Å². The number of methoxy groups -OCH3 is 1. The average Bonchev–Trinajstić information content (AvgIpc) is 2.98. The molecule has 1 fully saturated rings. The highest BCUT2D eigenvalue weighted by molar-refractivity contribution is 7.92. The molecule has 3 aromatic carbocycles. The molecule has 1 amide bonds. The summed E-state index contributed by atoms with van der Waals surface area (Å²) in [5, 5.41) is 2.06. The molecule has 1 atom stereocenters. The Morgan fingerprint density at radius 3 is 2.45 bits per heavy atom. The highest BCUT2D eigenvalue weighted by Gasteiger charge is 2.53. The molecule has 4 aromatic rings. The number of carbonyl (C=O) groups excluding carboxylic acids is 2. The number of pyridine rings is 1. The molecule has 0 bridgehead atoms. The van der Waals surface area contributed by atoms with Crippen molar-refractivity contribution in [1.29, 1.82) is 0 Å². The Balaban J connectivity index is 1.66. The van der Waals surface area contributed by atoms with Crippen LogP contribution in [0.3, 0.4) is 0 Å². The van der Waals surface area contributed by atoms with Crippen LogP contribution in [0.5, 0.6) is 5.75 Å². The Morgan fingerprint density at radius 2 is 1.79 bits per heavy atom. The van der Waals surface area contributed by atoms with Crippen molar-refractivity contribution in [2.75, 3.05) is 25.2 Å². The van der Waals surface area contributed by atoms with E-state index in [1.807, 2.05) is 0 Å². The second-order valence-electron chi connectivity index (χ2n) is 11.0. The van der Waals surface area contributed by atoms with Crippen molar-refractivity contribution in [1.82, 2.24) is 9.88 Å². The number of carbonyl (C=O) groups is 2. The van der Waals surface area contributed by atoms with E-state index in [4.69, 9.17) is 15.2 Å². The van der Waals surface area contributed by atoms with Crippen molar-refractivity contribution in [3.8, 4) is 5.75 Å². The summed E-state index contributed by atoms with van der Waals surface area (Å²) in [6.07, 6.45) is -2.56. The predicted octanol–water partition coefficient (Wildman–Crippen LogP) is 5.32. The van der Waals surface area contributed by atoms with Crippen LogP contribution in [0, 0.1) is 5.82 Å². The fraction of sp³-hybridized carbons (Fsp3) is 0.281. The van der Waals surface area contributed by atoms with Gasteiger partial charge in [-0.05, 0) is 60.2 Å². The first-order valence-corrected chi connectivity index (χ1v) is 15.9. The van der Waals surface area contributed by atoms with Crippen molar-refractivity contribution in [2.24, 2.45) is 0 Å². The Morgan fingerprint density at radius 1 is 1.06 bits per heavy atom. The number of aromatic nitrogens is 1. The number of amides is 1. The lowest BCUT2D eigenvalue weighted by atomic mass is 9.98. The maximum absolute atomic E-state index is 15.3. The van der Waals surface area contributed by atoms with Gasteiger partial charge in [-0.15, -0.1) is 0 Å². The number of alkyl halides is 3. The molecule has 10 nitrogen and oxygen atoms in total. The summed E-state index contributed by atoms with van der Waals surface area (Å²) >= 11 is 0. The topological polar surface area (TPSA) is 141 Å². The average molecular weight is 675 g/mol. The van der Waals surface area contributed by atoms with Crippen molar-refractivity contribution in [3.05, 3.63) is 89.9 Å². The fourth-order valence-corrected chi connectivity index (χ4v) is 7.43. The van der Waals surface area contributed by atoms with E-state index in [0.717, 1.165) is 17.4 Å². The normalized spacial score (nSPS) is 14.9. The van der Waals surface area contributed by atoms with Gasteiger partial charge in [0.25, 0.3) is 11.6 Å². The highest BCUT2D eigenvalue weighted by Crippen LogP contribution is 2.38. The SMILES string of the molecule is COc1cccc(C(Nc2cc(F)c3c(N)nccc3c2)(OC(=O)C(F)(F)F)C(=O)N(C)Cc2ccccc2S(=O)(=O)C2CCC2)c1. The van der Waals surface area contributed by atoms with E-state index in [1.165, 1.54) is 75.0 Å². The van der Waals surface area contributed by atoms with Crippen LogP contribution >= 0.6 is 0 Å². The van der Waals surface area contributed by atoms with E-state index >= 15 is 4.39 Å². The number of benzene rings is 3. The first-order valence-electron chi connectivity index (χ1n) is 14.3. The lowest BCUT2D eigenvalue weighted by molar-refractivity contribution is -0.215. The Kier molecular flexibility index (Phi) is 9.04. The van der Waals surface area contributed by atoms with Gasteiger partial charge in [0.2, 0.25) is 0 Å². The van der Waals surface area contributed by atoms with Gasteiger partial charge in [0.1, 0.15) is 17.4 Å². The number of rotatable bonds is 10. The third-order valence-corrected chi connectivity index (χ3v) is 10.3. The van der Waals surface area contributed by atoms with E-state index in [2.05, 4.69) is 10.3 Å². The zero-order chi connectivity index (χ0) is 34.1. The molecule has 0 saturated heterocycles. The first-order chi connectivity index (χ1) is 22.2. The molecule has 15 heteroatoms. The number of nitrogens with two attached hydrogens (primary N) is 1. The minimum atomic E-state index is -5.55. The van der Waals surface area contributed by atoms with Gasteiger partial charge in [0, 0.05) is 31.0 Å². The zero-order valence-electron chi connectivity index (χ0n) is 25.2. The molecule has 1 aromatic heterocycles. The highest BCUT2D eigenvalue weighted by atomic mass is 32.2. The van der Waals surface area contributed by atoms with Gasteiger partial charge in [-0.25, -0.2) is 22.6 Å². The smallest absolute Gasteiger partial charge is 0.491 e. The molecule has 248 valence electrons. The van der Waals surface area contributed by atoms with Gasteiger partial charge in [-0.3, -0.25) is 4.79 Å². The molecule has 0 aliphatic heterocycles. The van der Waals surface area contributed by atoms with E-state index in [1.54, 1.807) is 6.07 Å². The van der Waals surface area contributed by atoms with Crippen LogP contribution < -0.4 is 15.8 Å². The Labute approximate surface area is 267 Å². The second-order valence-corrected chi connectivity index (χ2v) is 13.2. The van der Waals surface area contributed by atoms with Gasteiger partial charge in [0.15, 0.2) is 9.84 Å². The molecule has 1 saturated carbocycles. The van der Waals surface area contributed by atoms with E-state index in [-0.39, 0.29) is 44.0 Å². The number of nitrogen functional groups attached to an aromatic ring is 1. The molecule has 1 aliphatic rings. The van der Waals surface area contributed by atoms with Gasteiger partial charge in [-0.2, -0.15) is 13.2 Å². The van der Waals surface area contributed by atoms with Crippen LogP contribution in [0.4, 0.5) is 29.1 Å². The number of ether oxygens (including phenoxy) is 2. The maximum atomic E-state index is 15.3. The summed E-state index contributed by atoms with van der Waals surface area (Å²) in [5.41, 5.74) is 2.47. The third kappa shape index (κ3) is 6.52. The van der Waals surface area contributed by atoms with Crippen LogP contribution in [0.25, 0.3) is 10.8 Å². The van der Waals surface area contributed by atoms with Crippen LogP contribution in [0.1, 0.15) is 30.4 Å². The number of hydrogen-bond donors (Lipinski definition) is 2. The Hall–Kier alpha value is -4.92. The molecular formula is C32H30F4N4O6S. The number of nitrogens with one attached hydrogen (secondary N) is 1. The molecule has 0 spiro atoms. The molecule has 5 rings (SSSR count). The number of sulfone groups is 1. The monoisotopic (exact) mass is 674 g/mol. The van der Waals surface area contributed by atoms with Gasteiger partial charge < -0.3 is 25.4 Å². The summed E-state index contributed by atoms with van der Waals surface area (Å²) in [6, 6.07) is 14.7. The number of anilines is 2. The lowest BCUT2D eigenvalue weighted by Gasteiger charge is -2.37. The van der Waals surface area contributed by atoms with Crippen LogP contribution in [0.2, 0.25) is 0 Å². The minimum absolute atomic E-state index is 0.0284. The van der Waals surface area contributed by atoms with Gasteiger partial charge in [0.05, 0.1) is 22.6 Å². The number of esters is 1. The van der Waals surface area contributed by atoms with Crippen molar-refractivity contribution in [3.63, 3.8) is 0 Å². The number of likely N-dealkylation sites (N-methyl/N-ethyl adjacent to an activating group) is 1. The summed E-state index contributed by atoms with van der Waals surface area (Å²) in [4.78, 5) is 31.8. The largest absolute Gasteiger partial charge is 0.497 e. The predicted molar refractivity (Wildman–Crippen MR) is 164 cm³/mol. The first kappa shape index (κ1) is 33.4. The van der Waals surface area contributed by atoms with Gasteiger partial charge in [-0.1, -0.05) is 36.8 Å². The summed E-state index contributed by atoms with van der Waals surface area (Å²) in [6.45, 7) is -0.411. The fourth-order valence-electron chi connectivity index (χ4n) is 5.35. The van der Waals surface area contributed by atoms with E-state index < -0.39 is 51.2 Å². The summed E-state index contributed by atoms with van der Waals surface area (Å²) in [7, 11) is -1.29. The molecular weight excluding hydrogens is 644 g/mol. The Bertz CT molecular complexity index is 1950. The van der Waals surface area contributed by atoms with Crippen LogP contribution in [-0.2, 0) is 36.4 Å². The standard InChI is InChI=1S/C32H30F4N4O6S/c1-40(18-20-7-3-4-12-26(20)47(43,44)24-10-6-11-24)29(41)31(46-30(42)32(34,35)36,21-8-5-9-23(16-21)45-2)39-22-15-19-13-14-38-28(37)27(19)25(33)17-22/h3-5,7-9,12-17,24,39H,6,10-11,18H2,1-2H3,(H2,37,38). The van der Waals surface area contributed by atoms with E-state index in [9.17, 15) is 31.2 Å². The molecule has 0 radical (unpaired) electrons. The third-order valence-electron chi connectivity index (χ3n) is 7.94. The van der Waals surface area contributed by atoms with Gasteiger partial charge >= 0.3 is 12.1 Å². The second kappa shape index (κ2) is 12.7. The quantitative estimate of drug-likeness (QED) is 0.130. The minimum Gasteiger partial charge on any atom is -0.497 e. The van der Waals surface area contributed by atoms with Crippen LogP contribution in [-0.4, -0.2) is 55.8 Å². The number of fused-ring (bicyclic) bond motifs is 1. The number of nitrogens with zero attached hydrogens (tertiary/aromatic N) is 2. The molecule has 1 heterocycles. The molecule has 1 aliphatic carbocycles. The van der Waals surface area contributed by atoms with E-state index in [0.29, 0.717) is 12.8 Å². The van der Waals surface area contributed by atoms with Crippen molar-refractivity contribution in [2.45, 2.75) is 47.9 Å². The zero-order valence-corrected chi connectivity index (χ0v) is 26.0. The number of halogens is 4. The summed E-state index contributed by atoms with van der Waals surface area (Å²) < 4.78 is 93.8. The molecule has 3 N–H and O–H groups in total. The summed E-state index contributed by atoms with van der Waals surface area (Å²) in [5.74, 6) is -4.95. The van der Waals surface area contributed by atoms with Crippen molar-refractivity contribution >= 4 is 44.0 Å². The maximum Gasteiger partial charge on any atom is 0.491 e. The molecule has 1 unspecified atom stereocenters. The lowest BCUT2D eigenvalue weighted by Crippen LogP contribution is -2.54.